The number of pyridine rings is 2. The predicted molar refractivity (Wildman–Crippen MR) is 132 cm³/mol. The minimum atomic E-state index is -0.219. The summed E-state index contributed by atoms with van der Waals surface area (Å²) in [6.45, 7) is 2.04. The summed E-state index contributed by atoms with van der Waals surface area (Å²) < 4.78 is 1.70. The predicted octanol–water partition coefficient (Wildman–Crippen LogP) is 3.92. The Morgan fingerprint density at radius 2 is 1.94 bits per heavy atom. The third-order valence-corrected chi connectivity index (χ3v) is 5.91. The first-order valence-corrected chi connectivity index (χ1v) is 11.2. The first-order chi connectivity index (χ1) is 16.5. The molecule has 1 aromatic carbocycles. The van der Waals surface area contributed by atoms with Crippen molar-refractivity contribution >= 4 is 28.9 Å². The van der Waals surface area contributed by atoms with Gasteiger partial charge in [-0.05, 0) is 61.6 Å². The van der Waals surface area contributed by atoms with Gasteiger partial charge in [0.2, 0.25) is 0 Å². The molecule has 1 aliphatic heterocycles. The first kappa shape index (κ1) is 21.6. The molecule has 1 amide bonds. The Bertz CT molecular complexity index is 1380. The fraction of sp³-hybridized carbons (Fsp3) is 0.240. The van der Waals surface area contributed by atoms with Crippen molar-refractivity contribution in [1.82, 2.24) is 30.0 Å². The highest BCUT2D eigenvalue weighted by Gasteiger charge is 2.17. The van der Waals surface area contributed by atoms with Crippen molar-refractivity contribution in [3.63, 3.8) is 0 Å². The van der Waals surface area contributed by atoms with Crippen LogP contribution in [0.15, 0.2) is 48.9 Å². The largest absolute Gasteiger partial charge is 0.355 e. The molecule has 3 aromatic heterocycles. The van der Waals surface area contributed by atoms with Crippen molar-refractivity contribution in [2.24, 2.45) is 7.05 Å². The van der Waals surface area contributed by atoms with Crippen molar-refractivity contribution in [3.8, 4) is 11.4 Å². The smallest absolute Gasteiger partial charge is 0.254 e. The second-order valence-corrected chi connectivity index (χ2v) is 8.37. The molecule has 9 nitrogen and oxygen atoms in total. The van der Waals surface area contributed by atoms with Crippen molar-refractivity contribution in [1.29, 1.82) is 0 Å². The zero-order chi connectivity index (χ0) is 23.7. The molecule has 1 aliphatic rings. The van der Waals surface area contributed by atoms with E-state index in [1.807, 2.05) is 38.2 Å². The fourth-order valence-corrected chi connectivity index (χ4v) is 4.12. The Morgan fingerprint density at radius 1 is 1.06 bits per heavy atom. The molecule has 4 heterocycles. The molecule has 3 N–H and O–H groups in total. The van der Waals surface area contributed by atoms with Crippen LogP contribution in [-0.4, -0.2) is 37.7 Å². The van der Waals surface area contributed by atoms with E-state index < -0.39 is 0 Å². The third kappa shape index (κ3) is 4.32. The zero-order valence-electron chi connectivity index (χ0n) is 19.4. The van der Waals surface area contributed by atoms with E-state index in [4.69, 9.17) is 4.98 Å². The lowest BCUT2D eigenvalue weighted by atomic mass is 9.98. The lowest BCUT2D eigenvalue weighted by Gasteiger charge is -2.18. The zero-order valence-corrected chi connectivity index (χ0v) is 19.4. The molecule has 0 fully saturated rings. The Labute approximate surface area is 197 Å². The molecule has 0 saturated carbocycles. The molecule has 0 spiro atoms. The van der Waals surface area contributed by atoms with E-state index in [0.717, 1.165) is 53.2 Å². The molecule has 6 bridgehead atoms. The van der Waals surface area contributed by atoms with Crippen LogP contribution in [0.4, 0.5) is 23.0 Å². The highest BCUT2D eigenvalue weighted by atomic mass is 16.1. The van der Waals surface area contributed by atoms with Gasteiger partial charge in [-0.15, -0.1) is 0 Å². The van der Waals surface area contributed by atoms with E-state index in [0.29, 0.717) is 22.9 Å². The van der Waals surface area contributed by atoms with E-state index in [1.165, 1.54) is 0 Å². The van der Waals surface area contributed by atoms with E-state index in [-0.39, 0.29) is 5.91 Å². The highest BCUT2D eigenvalue weighted by Crippen LogP contribution is 2.33. The summed E-state index contributed by atoms with van der Waals surface area (Å²) in [6, 6.07) is 12.1. The Kier molecular flexibility index (Phi) is 5.67. The Balaban J connectivity index is 1.67. The molecular weight excluding hydrogens is 428 g/mol. The maximum Gasteiger partial charge on any atom is 0.254 e. The van der Waals surface area contributed by atoms with Gasteiger partial charge < -0.3 is 16.0 Å². The topological polar surface area (TPSA) is 110 Å². The Morgan fingerprint density at radius 3 is 2.74 bits per heavy atom. The molecule has 34 heavy (non-hydrogen) atoms. The maximum atomic E-state index is 12.6. The van der Waals surface area contributed by atoms with Gasteiger partial charge in [0.05, 0.1) is 11.3 Å². The number of anilines is 4. The number of hydrogen-bond donors (Lipinski definition) is 3. The molecule has 0 saturated heterocycles. The summed E-state index contributed by atoms with van der Waals surface area (Å²) in [5, 5.41) is 14.0. The van der Waals surface area contributed by atoms with Gasteiger partial charge in [0, 0.05) is 43.3 Å². The quantitative estimate of drug-likeness (QED) is 0.421. The maximum absolute atomic E-state index is 12.6. The average Bonchev–Trinajstić information content (AvgIpc) is 3.26. The minimum Gasteiger partial charge on any atom is -0.355 e. The van der Waals surface area contributed by atoms with E-state index in [1.54, 1.807) is 24.3 Å². The van der Waals surface area contributed by atoms with E-state index >= 15 is 0 Å². The van der Waals surface area contributed by atoms with Crippen molar-refractivity contribution < 1.29 is 4.79 Å². The van der Waals surface area contributed by atoms with E-state index in [2.05, 4.69) is 43.1 Å². The number of fused-ring (bicyclic) bond motifs is 6. The molecule has 4 aromatic rings. The van der Waals surface area contributed by atoms with Gasteiger partial charge in [0.1, 0.15) is 18.0 Å². The van der Waals surface area contributed by atoms with Gasteiger partial charge in [-0.2, -0.15) is 5.10 Å². The standard InChI is InChI=1S/C25H26N8O/c1-15-18(24-28-14-33(3)32-24)10-16-6-4-7-17-8-5-9-22(29-17)31-23-12-21(30-20(15)11-16)19(13-27-23)25(34)26-2/h5,8-14,30H,4,6-7H2,1-3H3,(H,26,34)(H,27,29,31). The number of amides is 1. The summed E-state index contributed by atoms with van der Waals surface area (Å²) >= 11 is 0. The van der Waals surface area contributed by atoms with Gasteiger partial charge in [-0.25, -0.2) is 15.0 Å². The number of benzene rings is 1. The van der Waals surface area contributed by atoms with Crippen molar-refractivity contribution in [2.75, 3.05) is 17.7 Å². The summed E-state index contributed by atoms with van der Waals surface area (Å²) in [6.07, 6.45) is 5.94. The molecule has 5 rings (SSSR count). The van der Waals surface area contributed by atoms with E-state index in [9.17, 15) is 4.79 Å². The number of carbonyl (C=O) groups is 1. The van der Waals surface area contributed by atoms with Gasteiger partial charge in [-0.1, -0.05) is 6.07 Å². The van der Waals surface area contributed by atoms with Crippen LogP contribution >= 0.6 is 0 Å². The summed E-state index contributed by atoms with van der Waals surface area (Å²) in [5.74, 6) is 1.77. The number of aromatic nitrogens is 5. The third-order valence-electron chi connectivity index (χ3n) is 5.91. The Hall–Kier alpha value is -4.27. The van der Waals surface area contributed by atoms with Crippen LogP contribution in [0.5, 0.6) is 0 Å². The molecule has 0 aliphatic carbocycles. The number of carbonyl (C=O) groups excluding carboxylic acids is 1. The lowest BCUT2D eigenvalue weighted by molar-refractivity contribution is 0.0963. The number of nitrogens with zero attached hydrogens (tertiary/aromatic N) is 5. The number of aryl methyl sites for hydroxylation is 3. The van der Waals surface area contributed by atoms with Crippen molar-refractivity contribution in [2.45, 2.75) is 26.2 Å². The van der Waals surface area contributed by atoms with Gasteiger partial charge >= 0.3 is 0 Å². The molecule has 0 radical (unpaired) electrons. The molecule has 0 atom stereocenters. The van der Waals surface area contributed by atoms with Crippen LogP contribution in [0.25, 0.3) is 11.4 Å². The molecular formula is C25H26N8O. The monoisotopic (exact) mass is 454 g/mol. The summed E-state index contributed by atoms with van der Waals surface area (Å²) in [7, 11) is 3.46. The number of hydrogen-bond acceptors (Lipinski definition) is 7. The number of nitrogens with one attached hydrogen (secondary N) is 3. The molecule has 0 unspecified atom stereocenters. The molecule has 172 valence electrons. The van der Waals surface area contributed by atoms with Crippen molar-refractivity contribution in [3.05, 3.63) is 71.3 Å². The van der Waals surface area contributed by atoms with Crippen LogP contribution in [0, 0.1) is 6.92 Å². The molecule has 9 heteroatoms. The highest BCUT2D eigenvalue weighted by molar-refractivity contribution is 6.00. The van der Waals surface area contributed by atoms with Gasteiger partial charge in [0.15, 0.2) is 5.82 Å². The fourth-order valence-electron chi connectivity index (χ4n) is 4.12. The van der Waals surface area contributed by atoms with Crippen LogP contribution in [-0.2, 0) is 19.9 Å². The lowest BCUT2D eigenvalue weighted by Crippen LogP contribution is -2.20. The second kappa shape index (κ2) is 8.93. The van der Waals surface area contributed by atoms with Gasteiger partial charge in [0.25, 0.3) is 5.91 Å². The van der Waals surface area contributed by atoms with Crippen LogP contribution < -0.4 is 16.0 Å². The summed E-state index contributed by atoms with van der Waals surface area (Å²) in [5.41, 5.74) is 6.13. The average molecular weight is 455 g/mol. The second-order valence-electron chi connectivity index (χ2n) is 8.37. The van der Waals surface area contributed by atoms with Gasteiger partial charge in [-0.3, -0.25) is 9.48 Å². The minimum absolute atomic E-state index is 0.219. The first-order valence-electron chi connectivity index (χ1n) is 11.2. The van der Waals surface area contributed by atoms with Crippen LogP contribution in [0.2, 0.25) is 0 Å². The van der Waals surface area contributed by atoms with Crippen LogP contribution in [0.3, 0.4) is 0 Å². The van der Waals surface area contributed by atoms with Crippen LogP contribution in [0.1, 0.15) is 33.6 Å². The summed E-state index contributed by atoms with van der Waals surface area (Å²) in [4.78, 5) is 26.2. The normalized spacial score (nSPS) is 12.8. The SMILES string of the molecule is CNC(=O)c1cnc2cc1Nc1cc(cc(-c3ncn(C)n3)c1C)CCCc1cccc(n1)N2. The number of rotatable bonds is 2.